The topological polar surface area (TPSA) is 80.6 Å². The van der Waals surface area contributed by atoms with Crippen molar-refractivity contribution in [3.05, 3.63) is 89.4 Å². The Morgan fingerprint density at radius 3 is 2.61 bits per heavy atom. The molecule has 4 rings (SSSR count). The third-order valence-corrected chi connectivity index (χ3v) is 5.38. The van der Waals surface area contributed by atoms with Crippen LogP contribution >= 0.6 is 0 Å². The van der Waals surface area contributed by atoms with E-state index in [9.17, 15) is 9.59 Å². The molecular formula is C25H26N2O4. The summed E-state index contributed by atoms with van der Waals surface area (Å²) in [6, 6.07) is 18.6. The SMILES string of the molecule is CC1CC1C(=O)Nc1cccc(C(=O)NCc2cccc(COCc3ccco3)c2)c1. The lowest BCUT2D eigenvalue weighted by Gasteiger charge is -2.09. The second-order valence-electron chi connectivity index (χ2n) is 7.96. The lowest BCUT2D eigenvalue weighted by Crippen LogP contribution is -2.23. The Kier molecular flexibility index (Phi) is 6.48. The van der Waals surface area contributed by atoms with Crippen molar-refractivity contribution in [2.75, 3.05) is 5.32 Å². The first-order valence-electron chi connectivity index (χ1n) is 10.5. The summed E-state index contributed by atoms with van der Waals surface area (Å²) in [5.74, 6) is 1.16. The molecule has 2 amide bonds. The average Bonchev–Trinajstić information content (AvgIpc) is 3.28. The Balaban J connectivity index is 1.28. The van der Waals surface area contributed by atoms with Gasteiger partial charge in [-0.25, -0.2) is 0 Å². The number of carbonyl (C=O) groups excluding carboxylic acids is 2. The smallest absolute Gasteiger partial charge is 0.251 e. The molecule has 3 aromatic rings. The van der Waals surface area contributed by atoms with Gasteiger partial charge in [-0.1, -0.05) is 37.3 Å². The van der Waals surface area contributed by atoms with Gasteiger partial charge in [-0.15, -0.1) is 0 Å². The minimum atomic E-state index is -0.185. The first-order chi connectivity index (χ1) is 15.1. The Morgan fingerprint density at radius 2 is 1.84 bits per heavy atom. The molecule has 1 aromatic heterocycles. The number of anilines is 1. The van der Waals surface area contributed by atoms with E-state index in [1.807, 2.05) is 36.4 Å². The fourth-order valence-corrected chi connectivity index (χ4v) is 3.44. The van der Waals surface area contributed by atoms with E-state index in [0.717, 1.165) is 23.3 Å². The molecule has 2 N–H and O–H groups in total. The van der Waals surface area contributed by atoms with E-state index in [0.29, 0.717) is 36.9 Å². The second-order valence-corrected chi connectivity index (χ2v) is 7.96. The maximum Gasteiger partial charge on any atom is 0.251 e. The number of furan rings is 1. The number of carbonyl (C=O) groups is 2. The Hall–Kier alpha value is -3.38. The van der Waals surface area contributed by atoms with E-state index < -0.39 is 0 Å². The van der Waals surface area contributed by atoms with Gasteiger partial charge >= 0.3 is 0 Å². The first-order valence-corrected chi connectivity index (χ1v) is 10.5. The maximum atomic E-state index is 12.6. The van der Waals surface area contributed by atoms with E-state index >= 15 is 0 Å². The van der Waals surface area contributed by atoms with Gasteiger partial charge in [0.15, 0.2) is 0 Å². The van der Waals surface area contributed by atoms with Crippen molar-refractivity contribution in [1.82, 2.24) is 5.32 Å². The predicted octanol–water partition coefficient (Wildman–Crippen LogP) is 4.52. The van der Waals surface area contributed by atoms with Crippen LogP contribution in [0.15, 0.2) is 71.3 Å². The number of amides is 2. The summed E-state index contributed by atoms with van der Waals surface area (Å²) in [4.78, 5) is 24.7. The van der Waals surface area contributed by atoms with Gasteiger partial charge in [0.05, 0.1) is 12.9 Å². The van der Waals surface area contributed by atoms with Gasteiger partial charge in [-0.05, 0) is 53.8 Å². The van der Waals surface area contributed by atoms with Crippen LogP contribution in [0.2, 0.25) is 0 Å². The van der Waals surface area contributed by atoms with E-state index in [1.165, 1.54) is 0 Å². The summed E-state index contributed by atoms with van der Waals surface area (Å²) < 4.78 is 10.9. The van der Waals surface area contributed by atoms with Crippen molar-refractivity contribution >= 4 is 17.5 Å². The number of benzene rings is 2. The third kappa shape index (κ3) is 5.83. The average molecular weight is 418 g/mol. The quantitative estimate of drug-likeness (QED) is 0.535. The molecule has 1 fully saturated rings. The zero-order valence-corrected chi connectivity index (χ0v) is 17.5. The summed E-state index contributed by atoms with van der Waals surface area (Å²) in [6.07, 6.45) is 2.55. The number of nitrogens with one attached hydrogen (secondary N) is 2. The van der Waals surface area contributed by atoms with Crippen LogP contribution in [0.3, 0.4) is 0 Å². The van der Waals surface area contributed by atoms with Gasteiger partial charge < -0.3 is 19.8 Å². The highest BCUT2D eigenvalue weighted by molar-refractivity contribution is 5.98. The molecule has 1 saturated carbocycles. The molecule has 31 heavy (non-hydrogen) atoms. The van der Waals surface area contributed by atoms with Crippen LogP contribution in [0.25, 0.3) is 0 Å². The molecule has 2 unspecified atom stereocenters. The monoisotopic (exact) mass is 418 g/mol. The fraction of sp³-hybridized carbons (Fsp3) is 0.280. The molecule has 0 radical (unpaired) electrons. The normalized spacial score (nSPS) is 17.2. The molecule has 0 spiro atoms. The molecule has 6 nitrogen and oxygen atoms in total. The number of hydrogen-bond donors (Lipinski definition) is 2. The maximum absolute atomic E-state index is 12.6. The van der Waals surface area contributed by atoms with Crippen LogP contribution in [0.4, 0.5) is 5.69 Å². The second kappa shape index (κ2) is 9.62. The highest BCUT2D eigenvalue weighted by Gasteiger charge is 2.39. The molecule has 0 saturated heterocycles. The van der Waals surface area contributed by atoms with E-state index in [1.54, 1.807) is 30.5 Å². The highest BCUT2D eigenvalue weighted by Crippen LogP contribution is 2.38. The van der Waals surface area contributed by atoms with Crippen molar-refractivity contribution in [2.45, 2.75) is 33.1 Å². The molecule has 1 heterocycles. The molecule has 1 aliphatic rings. The van der Waals surface area contributed by atoms with E-state index in [-0.39, 0.29) is 17.7 Å². The molecule has 6 heteroatoms. The van der Waals surface area contributed by atoms with Crippen LogP contribution in [-0.4, -0.2) is 11.8 Å². The summed E-state index contributed by atoms with van der Waals surface area (Å²) in [7, 11) is 0. The van der Waals surface area contributed by atoms with Gasteiger partial charge in [0, 0.05) is 23.7 Å². The van der Waals surface area contributed by atoms with E-state index in [4.69, 9.17) is 9.15 Å². The van der Waals surface area contributed by atoms with E-state index in [2.05, 4.69) is 17.6 Å². The van der Waals surface area contributed by atoms with Crippen LogP contribution in [-0.2, 0) is 29.3 Å². The van der Waals surface area contributed by atoms with Crippen LogP contribution in [0.5, 0.6) is 0 Å². The molecule has 0 aliphatic heterocycles. The highest BCUT2D eigenvalue weighted by atomic mass is 16.5. The number of hydrogen-bond acceptors (Lipinski definition) is 4. The van der Waals surface area contributed by atoms with Crippen molar-refractivity contribution in [1.29, 1.82) is 0 Å². The van der Waals surface area contributed by atoms with Crippen LogP contribution in [0.1, 0.15) is 40.6 Å². The minimum Gasteiger partial charge on any atom is -0.467 e. The number of rotatable bonds is 9. The van der Waals surface area contributed by atoms with Crippen LogP contribution in [0, 0.1) is 11.8 Å². The van der Waals surface area contributed by atoms with Gasteiger partial charge in [0.2, 0.25) is 5.91 Å². The first kappa shape index (κ1) is 20.9. The van der Waals surface area contributed by atoms with Crippen molar-refractivity contribution in [3.63, 3.8) is 0 Å². The van der Waals surface area contributed by atoms with Crippen molar-refractivity contribution < 1.29 is 18.7 Å². The predicted molar refractivity (Wildman–Crippen MR) is 117 cm³/mol. The molecular weight excluding hydrogens is 392 g/mol. The zero-order valence-electron chi connectivity index (χ0n) is 17.5. The van der Waals surface area contributed by atoms with Crippen molar-refractivity contribution in [3.8, 4) is 0 Å². The third-order valence-electron chi connectivity index (χ3n) is 5.38. The lowest BCUT2D eigenvalue weighted by molar-refractivity contribution is -0.117. The van der Waals surface area contributed by atoms with Gasteiger partial charge in [0.1, 0.15) is 12.4 Å². The summed E-state index contributed by atoms with van der Waals surface area (Å²) in [5.41, 5.74) is 3.17. The summed E-state index contributed by atoms with van der Waals surface area (Å²) in [6.45, 7) is 3.35. The molecule has 2 atom stereocenters. The Morgan fingerprint density at radius 1 is 1.03 bits per heavy atom. The largest absolute Gasteiger partial charge is 0.467 e. The van der Waals surface area contributed by atoms with Gasteiger partial charge in [-0.2, -0.15) is 0 Å². The molecule has 2 aromatic carbocycles. The van der Waals surface area contributed by atoms with Crippen molar-refractivity contribution in [2.24, 2.45) is 11.8 Å². The zero-order chi connectivity index (χ0) is 21.6. The molecule has 160 valence electrons. The lowest BCUT2D eigenvalue weighted by atomic mass is 10.1. The molecule has 1 aliphatic carbocycles. The van der Waals surface area contributed by atoms with Crippen LogP contribution < -0.4 is 10.6 Å². The summed E-state index contributed by atoms with van der Waals surface area (Å²) in [5, 5.41) is 5.84. The summed E-state index contributed by atoms with van der Waals surface area (Å²) >= 11 is 0. The van der Waals surface area contributed by atoms with Gasteiger partial charge in [-0.3, -0.25) is 9.59 Å². The molecule has 0 bridgehead atoms. The Bertz CT molecular complexity index is 1050. The minimum absolute atomic E-state index is 0.0242. The Labute approximate surface area is 181 Å². The van der Waals surface area contributed by atoms with Gasteiger partial charge in [0.25, 0.3) is 5.91 Å². The fourth-order valence-electron chi connectivity index (χ4n) is 3.44. The standard InChI is InChI=1S/C25H26N2O4/c1-17-11-23(17)25(29)27-21-8-3-7-20(13-21)24(28)26-14-18-5-2-6-19(12-18)15-30-16-22-9-4-10-31-22/h2-10,12-13,17,23H,11,14-16H2,1H3,(H,26,28)(H,27,29). The number of ether oxygens (including phenoxy) is 1.